The highest BCUT2D eigenvalue weighted by atomic mass is 19.4. The van der Waals surface area contributed by atoms with Crippen LogP contribution in [0.5, 0.6) is 5.75 Å². The van der Waals surface area contributed by atoms with Crippen LogP contribution in [0.15, 0.2) is 36.7 Å². The number of likely N-dealkylation sites (tertiary alicyclic amines) is 2. The smallest absolute Gasteiger partial charge is 0.406 e. The van der Waals surface area contributed by atoms with E-state index in [2.05, 4.69) is 14.7 Å². The molecule has 3 amide bonds. The summed E-state index contributed by atoms with van der Waals surface area (Å²) in [6.07, 6.45) is 2.45. The second-order valence-electron chi connectivity index (χ2n) is 9.56. The summed E-state index contributed by atoms with van der Waals surface area (Å²) in [7, 11) is 0. The fourth-order valence-electron chi connectivity index (χ4n) is 5.35. The number of amides is 3. The van der Waals surface area contributed by atoms with Gasteiger partial charge in [-0.3, -0.25) is 4.79 Å². The molecule has 8 nitrogen and oxygen atoms in total. The number of hydrogen-bond acceptors (Lipinski definition) is 4. The molecule has 1 aromatic heterocycles. The zero-order chi connectivity index (χ0) is 25.3. The molecule has 1 aromatic carbocycles. The molecule has 11 heteroatoms. The minimum atomic E-state index is -4.74. The van der Waals surface area contributed by atoms with Gasteiger partial charge in [-0.2, -0.15) is 0 Å². The number of fused-ring (bicyclic) bond motifs is 2. The number of benzene rings is 1. The first kappa shape index (κ1) is 24.2. The highest BCUT2D eigenvalue weighted by Crippen LogP contribution is 2.33. The van der Waals surface area contributed by atoms with Crippen molar-refractivity contribution < 1.29 is 27.5 Å². The third kappa shape index (κ3) is 5.50. The molecule has 4 heterocycles. The van der Waals surface area contributed by atoms with Crippen LogP contribution in [0.25, 0.3) is 6.08 Å². The quantitative estimate of drug-likeness (QED) is 0.649. The van der Waals surface area contributed by atoms with E-state index in [9.17, 15) is 22.8 Å². The van der Waals surface area contributed by atoms with Gasteiger partial charge in [0, 0.05) is 50.9 Å². The van der Waals surface area contributed by atoms with Gasteiger partial charge in [0.25, 0.3) is 0 Å². The molecular formula is C25H28F3N5O3. The zero-order valence-corrected chi connectivity index (χ0v) is 19.7. The van der Waals surface area contributed by atoms with E-state index < -0.39 is 6.36 Å². The Balaban J connectivity index is 1.11. The SMILES string of the molecule is O=C(/C=C/c1ccc(OC(F)(F)F)cc1)N1CC[C@@H]2CN(C(=O)N3CCc4[nH]cnc4C3)C[C@H]2CC1. The Morgan fingerprint density at radius 3 is 2.36 bits per heavy atom. The number of hydrogen-bond donors (Lipinski definition) is 1. The number of nitrogens with zero attached hydrogens (tertiary/aromatic N) is 4. The van der Waals surface area contributed by atoms with E-state index >= 15 is 0 Å². The Morgan fingerprint density at radius 2 is 1.69 bits per heavy atom. The number of nitrogens with one attached hydrogen (secondary N) is 1. The van der Waals surface area contributed by atoms with Gasteiger partial charge < -0.3 is 24.4 Å². The second-order valence-corrected chi connectivity index (χ2v) is 9.56. The predicted octanol–water partition coefficient (Wildman–Crippen LogP) is 3.67. The fraction of sp³-hybridized carbons (Fsp3) is 0.480. The summed E-state index contributed by atoms with van der Waals surface area (Å²) in [5, 5.41) is 0. The van der Waals surface area contributed by atoms with Gasteiger partial charge in [0.15, 0.2) is 0 Å². The van der Waals surface area contributed by atoms with Crippen molar-refractivity contribution in [1.29, 1.82) is 0 Å². The van der Waals surface area contributed by atoms with Crippen LogP contribution in [-0.2, 0) is 17.8 Å². The van der Waals surface area contributed by atoms with Gasteiger partial charge in [-0.1, -0.05) is 12.1 Å². The summed E-state index contributed by atoms with van der Waals surface area (Å²) in [6, 6.07) is 5.45. The van der Waals surface area contributed by atoms with E-state index in [1.165, 1.54) is 30.3 Å². The van der Waals surface area contributed by atoms with Gasteiger partial charge in [0.05, 0.1) is 18.6 Å². The van der Waals surface area contributed by atoms with E-state index in [-0.39, 0.29) is 17.7 Å². The summed E-state index contributed by atoms with van der Waals surface area (Å²) < 4.78 is 40.7. The topological polar surface area (TPSA) is 81.8 Å². The number of aromatic amines is 1. The Labute approximate surface area is 206 Å². The maximum Gasteiger partial charge on any atom is 0.573 e. The van der Waals surface area contributed by atoms with Crippen molar-refractivity contribution >= 4 is 18.0 Å². The number of carbonyl (C=O) groups excluding carboxylic acids is 2. The zero-order valence-electron chi connectivity index (χ0n) is 19.7. The summed E-state index contributed by atoms with van der Waals surface area (Å²) in [5.74, 6) is 0.302. The molecule has 0 aliphatic carbocycles. The molecule has 1 N–H and O–H groups in total. The van der Waals surface area contributed by atoms with Crippen LogP contribution in [0.2, 0.25) is 0 Å². The number of alkyl halides is 3. The van der Waals surface area contributed by atoms with Crippen molar-refractivity contribution in [3.05, 3.63) is 53.6 Å². The first-order valence-corrected chi connectivity index (χ1v) is 12.1. The molecule has 192 valence electrons. The van der Waals surface area contributed by atoms with E-state index in [0.29, 0.717) is 56.7 Å². The third-order valence-corrected chi connectivity index (χ3v) is 7.28. The summed E-state index contributed by atoms with van der Waals surface area (Å²) in [5.41, 5.74) is 2.66. The Bertz CT molecular complexity index is 1110. The largest absolute Gasteiger partial charge is 0.573 e. The minimum absolute atomic E-state index is 0.0687. The van der Waals surface area contributed by atoms with Crippen LogP contribution >= 0.6 is 0 Å². The standard InChI is InChI=1S/C25H28F3N5O3/c26-25(27,28)36-20-4-1-17(2-5-20)3-6-23(34)31-10-7-18-13-33(14-19(18)8-11-31)24(35)32-12-9-21-22(15-32)30-16-29-21/h1-6,16,18-19H,7-15H2,(H,29,30)/b6-3+/t18-,19-/m1/s1. The number of carbonyl (C=O) groups is 2. The Hall–Kier alpha value is -3.50. The Kier molecular flexibility index (Phi) is 6.63. The predicted molar refractivity (Wildman–Crippen MR) is 125 cm³/mol. The van der Waals surface area contributed by atoms with Gasteiger partial charge in [-0.05, 0) is 48.4 Å². The minimum Gasteiger partial charge on any atom is -0.406 e. The number of ether oxygens (including phenoxy) is 1. The van der Waals surface area contributed by atoms with Crippen molar-refractivity contribution in [2.24, 2.45) is 11.8 Å². The summed E-state index contributed by atoms with van der Waals surface area (Å²) in [4.78, 5) is 39.0. The first-order valence-electron chi connectivity index (χ1n) is 12.1. The van der Waals surface area contributed by atoms with E-state index in [0.717, 1.165) is 30.7 Å². The number of rotatable bonds is 3. The van der Waals surface area contributed by atoms with Gasteiger partial charge in [-0.25, -0.2) is 9.78 Å². The maximum atomic E-state index is 13.1. The molecule has 2 fully saturated rings. The van der Waals surface area contributed by atoms with E-state index in [4.69, 9.17) is 0 Å². The molecule has 0 spiro atoms. The molecule has 0 bridgehead atoms. The van der Waals surface area contributed by atoms with Crippen molar-refractivity contribution in [3.8, 4) is 5.75 Å². The molecular weight excluding hydrogens is 475 g/mol. The van der Waals surface area contributed by atoms with Crippen LogP contribution in [0.3, 0.4) is 0 Å². The second kappa shape index (κ2) is 9.87. The van der Waals surface area contributed by atoms with Crippen molar-refractivity contribution in [2.75, 3.05) is 32.7 Å². The lowest BCUT2D eigenvalue weighted by molar-refractivity contribution is -0.274. The average Bonchev–Trinajstić information content (AvgIpc) is 3.44. The van der Waals surface area contributed by atoms with Gasteiger partial charge in [0.2, 0.25) is 5.91 Å². The van der Waals surface area contributed by atoms with Crippen molar-refractivity contribution in [3.63, 3.8) is 0 Å². The number of urea groups is 1. The molecule has 0 radical (unpaired) electrons. The van der Waals surface area contributed by atoms with Crippen molar-refractivity contribution in [1.82, 2.24) is 24.7 Å². The summed E-state index contributed by atoms with van der Waals surface area (Å²) in [6.45, 7) is 3.87. The number of H-pyrrole nitrogens is 1. The lowest BCUT2D eigenvalue weighted by Crippen LogP contribution is -2.45. The molecule has 36 heavy (non-hydrogen) atoms. The molecule has 3 aliphatic rings. The number of imidazole rings is 1. The molecule has 0 saturated carbocycles. The first-order chi connectivity index (χ1) is 17.2. The van der Waals surface area contributed by atoms with Crippen LogP contribution in [0.1, 0.15) is 29.8 Å². The molecule has 2 aromatic rings. The molecule has 2 saturated heterocycles. The van der Waals surface area contributed by atoms with Gasteiger partial charge in [0.1, 0.15) is 5.75 Å². The highest BCUT2D eigenvalue weighted by Gasteiger charge is 2.39. The lowest BCUT2D eigenvalue weighted by Gasteiger charge is -2.31. The van der Waals surface area contributed by atoms with Gasteiger partial charge >= 0.3 is 12.4 Å². The highest BCUT2D eigenvalue weighted by molar-refractivity contribution is 5.91. The van der Waals surface area contributed by atoms with Crippen LogP contribution in [0, 0.1) is 11.8 Å². The van der Waals surface area contributed by atoms with E-state index in [1.807, 2.05) is 14.7 Å². The van der Waals surface area contributed by atoms with Gasteiger partial charge in [-0.15, -0.1) is 13.2 Å². The Morgan fingerprint density at radius 1 is 1.00 bits per heavy atom. The fourth-order valence-corrected chi connectivity index (χ4v) is 5.35. The third-order valence-electron chi connectivity index (χ3n) is 7.28. The molecule has 3 aliphatic heterocycles. The van der Waals surface area contributed by atoms with Crippen LogP contribution < -0.4 is 4.74 Å². The number of aromatic nitrogens is 2. The normalized spacial score (nSPS) is 22.4. The maximum absolute atomic E-state index is 13.1. The molecule has 5 rings (SSSR count). The molecule has 2 atom stereocenters. The monoisotopic (exact) mass is 503 g/mol. The molecule has 0 unspecified atom stereocenters. The average molecular weight is 504 g/mol. The van der Waals surface area contributed by atoms with Crippen molar-refractivity contribution in [2.45, 2.75) is 32.2 Å². The van der Waals surface area contributed by atoms with Crippen LogP contribution in [0.4, 0.5) is 18.0 Å². The van der Waals surface area contributed by atoms with E-state index in [1.54, 1.807) is 12.4 Å². The number of halogens is 3. The summed E-state index contributed by atoms with van der Waals surface area (Å²) >= 11 is 0. The van der Waals surface area contributed by atoms with Crippen LogP contribution in [-0.4, -0.2) is 75.7 Å². The lowest BCUT2D eigenvalue weighted by atomic mass is 9.92.